The maximum Gasteiger partial charge on any atom is 0.306 e. The zero-order valence-corrected chi connectivity index (χ0v) is 38.1. The van der Waals surface area contributed by atoms with Crippen molar-refractivity contribution >= 4 is 17.9 Å². The lowest BCUT2D eigenvalue weighted by Gasteiger charge is -2.34. The number of nitrogens with zero attached hydrogens (tertiary/aromatic N) is 1. The number of allylic oxidation sites excluding steroid dienone is 14. The molecule has 2 atom stereocenters. The van der Waals surface area contributed by atoms with Crippen molar-refractivity contribution in [3.8, 4) is 0 Å². The molecule has 0 fully saturated rings. The third-order valence-electron chi connectivity index (χ3n) is 9.78. The summed E-state index contributed by atoms with van der Waals surface area (Å²) in [6.45, 7) is 4.44. The van der Waals surface area contributed by atoms with Crippen LogP contribution in [-0.4, -0.2) is 75.5 Å². The Morgan fingerprint density at radius 2 is 0.983 bits per heavy atom. The molecule has 0 aliphatic carbocycles. The van der Waals surface area contributed by atoms with Crippen LogP contribution in [0.25, 0.3) is 0 Å². The van der Waals surface area contributed by atoms with Gasteiger partial charge in [0.05, 0.1) is 40.3 Å². The van der Waals surface area contributed by atoms with Crippen molar-refractivity contribution in [3.63, 3.8) is 0 Å². The van der Waals surface area contributed by atoms with Crippen LogP contribution < -0.4 is 5.11 Å². The first-order valence-corrected chi connectivity index (χ1v) is 23.1. The lowest BCUT2D eigenvalue weighted by Crippen LogP contribution is -2.55. The van der Waals surface area contributed by atoms with Crippen molar-refractivity contribution < 1.29 is 38.2 Å². The van der Waals surface area contributed by atoms with Crippen molar-refractivity contribution in [1.82, 2.24) is 0 Å². The van der Waals surface area contributed by atoms with E-state index in [1.165, 1.54) is 51.4 Å². The Morgan fingerprint density at radius 3 is 1.47 bits per heavy atom. The summed E-state index contributed by atoms with van der Waals surface area (Å²) in [6.07, 6.45) is 53.4. The molecule has 0 spiro atoms. The summed E-state index contributed by atoms with van der Waals surface area (Å²) in [5.41, 5.74) is 0. The second-order valence-electron chi connectivity index (χ2n) is 16.3. The molecule has 0 aliphatic heterocycles. The first-order valence-electron chi connectivity index (χ1n) is 23.1. The van der Waals surface area contributed by atoms with Gasteiger partial charge in [0.2, 0.25) is 0 Å². The number of carboxylic acids is 1. The third kappa shape index (κ3) is 39.7. The molecule has 336 valence electrons. The summed E-state index contributed by atoms with van der Waals surface area (Å²) in [4.78, 5) is 36.9. The molecule has 0 aromatic heterocycles. The highest BCUT2D eigenvalue weighted by molar-refractivity contribution is 5.70. The molecule has 0 N–H and O–H groups in total. The van der Waals surface area contributed by atoms with Gasteiger partial charge in [0.15, 0.2) is 6.10 Å². The monoisotopic (exact) mass is 824 g/mol. The lowest BCUT2D eigenvalue weighted by molar-refractivity contribution is -0.889. The minimum Gasteiger partial charge on any atom is -0.544 e. The van der Waals surface area contributed by atoms with Crippen molar-refractivity contribution in [2.24, 2.45) is 0 Å². The van der Waals surface area contributed by atoms with Crippen molar-refractivity contribution in [1.29, 1.82) is 0 Å². The van der Waals surface area contributed by atoms with E-state index in [9.17, 15) is 19.5 Å². The molecule has 0 rings (SSSR count). The third-order valence-corrected chi connectivity index (χ3v) is 9.78. The van der Waals surface area contributed by atoms with Crippen LogP contribution in [0.15, 0.2) is 85.1 Å². The van der Waals surface area contributed by atoms with E-state index in [2.05, 4.69) is 86.8 Å². The molecule has 0 radical (unpaired) electrons. The summed E-state index contributed by atoms with van der Waals surface area (Å²) < 4.78 is 17.1. The highest BCUT2D eigenvalue weighted by Gasteiger charge is 2.25. The number of carbonyl (C=O) groups is 3. The Hall–Kier alpha value is -3.49. The van der Waals surface area contributed by atoms with Crippen LogP contribution in [0.2, 0.25) is 0 Å². The average molecular weight is 824 g/mol. The first kappa shape index (κ1) is 55.5. The SMILES string of the molecule is CC/C=C/C/C=C/C/C=C/C/C=C/C/C=C/C/C=C/CCC(=O)OCC(COCCC(C(=O)[O-])[N+](C)(C)C)OC(=O)CCCCCCC/C=C/CCCCCCCCC. The number of ether oxygens (including phenoxy) is 3. The van der Waals surface area contributed by atoms with E-state index in [4.69, 9.17) is 14.2 Å². The Morgan fingerprint density at radius 1 is 0.525 bits per heavy atom. The smallest absolute Gasteiger partial charge is 0.306 e. The number of carboxylic acid groups (broad SMARTS) is 1. The Labute approximate surface area is 361 Å². The van der Waals surface area contributed by atoms with Gasteiger partial charge in [0.1, 0.15) is 12.6 Å². The number of aliphatic carboxylic acids is 1. The number of rotatable bonds is 40. The fraction of sp³-hybridized carbons (Fsp3) is 0.667. The minimum absolute atomic E-state index is 0.00948. The van der Waals surface area contributed by atoms with Crippen LogP contribution in [0.5, 0.6) is 0 Å². The van der Waals surface area contributed by atoms with Gasteiger partial charge in [-0.15, -0.1) is 0 Å². The molecule has 8 heteroatoms. The van der Waals surface area contributed by atoms with Gasteiger partial charge in [-0.25, -0.2) is 0 Å². The van der Waals surface area contributed by atoms with Gasteiger partial charge in [-0.2, -0.15) is 0 Å². The molecule has 0 heterocycles. The number of esters is 2. The molecule has 0 aromatic carbocycles. The van der Waals surface area contributed by atoms with Crippen LogP contribution in [-0.2, 0) is 28.6 Å². The second kappa shape index (κ2) is 41.3. The minimum atomic E-state index is -1.14. The Kier molecular flexibility index (Phi) is 38.8. The van der Waals surface area contributed by atoms with E-state index < -0.39 is 18.1 Å². The summed E-state index contributed by atoms with van der Waals surface area (Å²) in [6, 6.07) is -0.742. The van der Waals surface area contributed by atoms with E-state index in [-0.39, 0.29) is 49.1 Å². The summed E-state index contributed by atoms with van der Waals surface area (Å²) in [5, 5.41) is 11.6. The van der Waals surface area contributed by atoms with E-state index in [0.717, 1.165) is 77.0 Å². The van der Waals surface area contributed by atoms with E-state index >= 15 is 0 Å². The molecule has 0 bridgehead atoms. The van der Waals surface area contributed by atoms with Crippen molar-refractivity contribution in [2.45, 2.75) is 180 Å². The molecule has 0 saturated carbocycles. The molecule has 0 aliphatic rings. The summed E-state index contributed by atoms with van der Waals surface area (Å²) in [7, 11) is 5.38. The molecule has 59 heavy (non-hydrogen) atoms. The van der Waals surface area contributed by atoms with Crippen LogP contribution in [0.4, 0.5) is 0 Å². The standard InChI is InChI=1S/C51H85NO7/c1-6-8-10-12-14-16-18-20-22-24-25-26-28-29-31-33-35-37-39-41-49(53)58-46-47(45-57-44-43-48(51(55)56)52(3,4)5)59-50(54)42-40-38-36-34-32-30-27-23-21-19-17-15-13-11-9-7-2/h8,10,14,16,20,22-23,25-27,29,31,35,37,47-48H,6-7,9,11-13,15,17-19,21,24,28,30,32-34,36,38-46H2,1-5H3/b10-8+,16-14+,22-20+,26-25+,27-23+,31-29+,37-35+. The van der Waals surface area contributed by atoms with Crippen LogP contribution in [0, 0.1) is 0 Å². The zero-order chi connectivity index (χ0) is 43.5. The molecular weight excluding hydrogens is 739 g/mol. The van der Waals surface area contributed by atoms with Gasteiger partial charge in [-0.1, -0.05) is 157 Å². The molecule has 0 amide bonds. The number of unbranched alkanes of at least 4 members (excludes halogenated alkanes) is 12. The summed E-state index contributed by atoms with van der Waals surface area (Å²) in [5.74, 6) is -1.86. The lowest BCUT2D eigenvalue weighted by atomic mass is 10.1. The summed E-state index contributed by atoms with van der Waals surface area (Å²) >= 11 is 0. The molecule has 8 nitrogen and oxygen atoms in total. The van der Waals surface area contributed by atoms with Crippen LogP contribution in [0.1, 0.15) is 168 Å². The molecular formula is C51H85NO7. The number of hydrogen-bond acceptors (Lipinski definition) is 7. The van der Waals surface area contributed by atoms with Gasteiger partial charge < -0.3 is 28.6 Å². The Balaban J connectivity index is 4.47. The van der Waals surface area contributed by atoms with Crippen molar-refractivity contribution in [3.05, 3.63) is 85.1 Å². The molecule has 2 unspecified atom stereocenters. The van der Waals surface area contributed by atoms with Crippen molar-refractivity contribution in [2.75, 3.05) is 41.0 Å². The number of hydrogen-bond donors (Lipinski definition) is 0. The quantitative estimate of drug-likeness (QED) is 0.0262. The first-order chi connectivity index (χ1) is 28.6. The highest BCUT2D eigenvalue weighted by atomic mass is 16.6. The maximum atomic E-state index is 12.7. The van der Waals surface area contributed by atoms with Gasteiger partial charge >= 0.3 is 11.9 Å². The van der Waals surface area contributed by atoms with Crippen LogP contribution in [0.3, 0.4) is 0 Å². The van der Waals surface area contributed by atoms with Gasteiger partial charge in [-0.3, -0.25) is 9.59 Å². The Bertz CT molecular complexity index is 1240. The van der Waals surface area contributed by atoms with E-state index in [1.807, 2.05) is 12.2 Å². The average Bonchev–Trinajstić information content (AvgIpc) is 3.19. The van der Waals surface area contributed by atoms with Gasteiger partial charge in [0.25, 0.3) is 0 Å². The zero-order valence-electron chi connectivity index (χ0n) is 38.1. The topological polar surface area (TPSA) is 102 Å². The largest absolute Gasteiger partial charge is 0.544 e. The van der Waals surface area contributed by atoms with Gasteiger partial charge in [0, 0.05) is 19.3 Å². The number of likely N-dealkylation sites (N-methyl/N-ethyl adjacent to an activating group) is 1. The maximum absolute atomic E-state index is 12.7. The van der Waals surface area contributed by atoms with E-state index in [0.29, 0.717) is 12.8 Å². The second-order valence-corrected chi connectivity index (χ2v) is 16.3. The molecule has 0 saturated heterocycles. The van der Waals surface area contributed by atoms with Crippen LogP contribution >= 0.6 is 0 Å². The highest BCUT2D eigenvalue weighted by Crippen LogP contribution is 2.13. The van der Waals surface area contributed by atoms with E-state index in [1.54, 1.807) is 21.1 Å². The van der Waals surface area contributed by atoms with Gasteiger partial charge in [-0.05, 0) is 77.0 Å². The number of carbonyl (C=O) groups excluding carboxylic acids is 3. The predicted molar refractivity (Wildman–Crippen MR) is 245 cm³/mol. The molecule has 0 aromatic rings. The fourth-order valence-corrected chi connectivity index (χ4v) is 6.21. The normalized spacial score (nSPS) is 13.7. The number of quaternary nitrogens is 1. The fourth-order valence-electron chi connectivity index (χ4n) is 6.21. The predicted octanol–water partition coefficient (Wildman–Crippen LogP) is 11.6.